The van der Waals surface area contributed by atoms with Crippen LogP contribution in [0, 0.1) is 17.8 Å². The van der Waals surface area contributed by atoms with Crippen LogP contribution >= 0.6 is 0 Å². The van der Waals surface area contributed by atoms with Gasteiger partial charge in [0, 0.05) is 0 Å². The molecule has 1 heterocycles. The summed E-state index contributed by atoms with van der Waals surface area (Å²) in [7, 11) is 0. The highest BCUT2D eigenvalue weighted by Gasteiger charge is 2.46. The molecular formula is C13H22O2. The molecule has 2 aliphatic carbocycles. The quantitative estimate of drug-likeness (QED) is 0.674. The van der Waals surface area contributed by atoms with E-state index in [1.165, 1.54) is 32.1 Å². The average molecular weight is 210 g/mol. The fourth-order valence-corrected chi connectivity index (χ4v) is 3.62. The van der Waals surface area contributed by atoms with Crippen LogP contribution in [0.3, 0.4) is 0 Å². The summed E-state index contributed by atoms with van der Waals surface area (Å²) in [5.41, 5.74) is 0. The molecule has 0 bridgehead atoms. The monoisotopic (exact) mass is 210 g/mol. The van der Waals surface area contributed by atoms with Crippen LogP contribution < -0.4 is 0 Å². The summed E-state index contributed by atoms with van der Waals surface area (Å²) >= 11 is 0. The van der Waals surface area contributed by atoms with E-state index in [0.29, 0.717) is 18.1 Å². The first-order valence-corrected chi connectivity index (χ1v) is 6.57. The first-order chi connectivity index (χ1) is 7.24. The third kappa shape index (κ3) is 1.94. The number of aliphatic hydroxyl groups excluding tert-OH is 1. The van der Waals surface area contributed by atoms with Gasteiger partial charge in [-0.05, 0) is 56.3 Å². The molecule has 3 rings (SSSR count). The fourth-order valence-electron chi connectivity index (χ4n) is 3.62. The maximum Gasteiger partial charge on any atom is 0.0844 e. The van der Waals surface area contributed by atoms with Crippen molar-refractivity contribution in [3.8, 4) is 0 Å². The Morgan fingerprint density at radius 2 is 1.67 bits per heavy atom. The van der Waals surface area contributed by atoms with Gasteiger partial charge in [0.05, 0.1) is 18.3 Å². The Hall–Kier alpha value is -0.0800. The number of epoxide rings is 1. The van der Waals surface area contributed by atoms with Crippen LogP contribution in [0.4, 0.5) is 0 Å². The molecule has 86 valence electrons. The largest absolute Gasteiger partial charge is 0.393 e. The van der Waals surface area contributed by atoms with Crippen LogP contribution in [-0.2, 0) is 4.74 Å². The lowest BCUT2D eigenvalue weighted by Crippen LogP contribution is -2.33. The van der Waals surface area contributed by atoms with E-state index >= 15 is 0 Å². The zero-order valence-electron chi connectivity index (χ0n) is 9.56. The Labute approximate surface area is 92.0 Å². The van der Waals surface area contributed by atoms with Crippen molar-refractivity contribution >= 4 is 0 Å². The Kier molecular flexibility index (Phi) is 2.52. The Balaban J connectivity index is 1.57. The van der Waals surface area contributed by atoms with Crippen LogP contribution in [0.15, 0.2) is 0 Å². The first kappa shape index (κ1) is 10.1. The van der Waals surface area contributed by atoms with Gasteiger partial charge in [0.25, 0.3) is 0 Å². The lowest BCUT2D eigenvalue weighted by atomic mass is 9.70. The Bertz CT molecular complexity index is 241. The maximum absolute atomic E-state index is 9.92. The van der Waals surface area contributed by atoms with Crippen LogP contribution in [-0.4, -0.2) is 23.4 Å². The minimum absolute atomic E-state index is 0.0402. The second-order valence-corrected chi connectivity index (χ2v) is 5.90. The van der Waals surface area contributed by atoms with Gasteiger partial charge >= 0.3 is 0 Å². The molecule has 0 aromatic carbocycles. The Morgan fingerprint density at radius 1 is 0.933 bits per heavy atom. The van der Waals surface area contributed by atoms with Crippen LogP contribution in [0.5, 0.6) is 0 Å². The predicted octanol–water partition coefficient (Wildman–Crippen LogP) is 2.35. The highest BCUT2D eigenvalue weighted by molar-refractivity contribution is 4.95. The van der Waals surface area contributed by atoms with Crippen molar-refractivity contribution in [2.45, 2.75) is 63.8 Å². The van der Waals surface area contributed by atoms with Gasteiger partial charge in [0.2, 0.25) is 0 Å². The van der Waals surface area contributed by atoms with Crippen LogP contribution in [0.25, 0.3) is 0 Å². The lowest BCUT2D eigenvalue weighted by molar-refractivity contribution is 0.0310. The summed E-state index contributed by atoms with van der Waals surface area (Å²) in [5, 5.41) is 9.92. The summed E-state index contributed by atoms with van der Waals surface area (Å²) in [4.78, 5) is 0. The van der Waals surface area contributed by atoms with Gasteiger partial charge in [-0.15, -0.1) is 0 Å². The van der Waals surface area contributed by atoms with Crippen molar-refractivity contribution in [1.82, 2.24) is 0 Å². The fraction of sp³-hybridized carbons (Fsp3) is 1.00. The second kappa shape index (κ2) is 3.74. The van der Waals surface area contributed by atoms with Crippen molar-refractivity contribution in [1.29, 1.82) is 0 Å². The average Bonchev–Trinajstić information content (AvgIpc) is 3.00. The minimum Gasteiger partial charge on any atom is -0.393 e. The molecule has 3 aliphatic rings. The standard InChI is InChI=1S/C13H22O2/c1-8-2-3-9(6-11(8)14)10-4-5-12-13(7-10)15-12/h8-14H,2-7H2,1H3. The zero-order chi connectivity index (χ0) is 10.4. The molecule has 0 amide bonds. The van der Waals surface area contributed by atoms with E-state index in [0.717, 1.165) is 18.3 Å². The van der Waals surface area contributed by atoms with E-state index < -0.39 is 0 Å². The molecule has 6 atom stereocenters. The number of fused-ring (bicyclic) bond motifs is 1. The molecule has 1 N–H and O–H groups in total. The number of hydrogen-bond donors (Lipinski definition) is 1. The van der Waals surface area contributed by atoms with Crippen molar-refractivity contribution in [3.63, 3.8) is 0 Å². The maximum atomic E-state index is 9.92. The number of ether oxygens (including phenoxy) is 1. The normalized spacial score (nSPS) is 54.8. The van der Waals surface area contributed by atoms with Gasteiger partial charge in [-0.3, -0.25) is 0 Å². The molecule has 0 radical (unpaired) electrons. The van der Waals surface area contributed by atoms with Crippen LogP contribution in [0.2, 0.25) is 0 Å². The Morgan fingerprint density at radius 3 is 2.40 bits per heavy atom. The third-order valence-corrected chi connectivity index (χ3v) is 4.91. The molecule has 1 aliphatic heterocycles. The topological polar surface area (TPSA) is 32.8 Å². The van der Waals surface area contributed by atoms with E-state index in [-0.39, 0.29) is 6.10 Å². The summed E-state index contributed by atoms with van der Waals surface area (Å²) in [5.74, 6) is 2.15. The van der Waals surface area contributed by atoms with Gasteiger partial charge < -0.3 is 9.84 Å². The molecule has 2 saturated carbocycles. The minimum atomic E-state index is -0.0402. The summed E-state index contributed by atoms with van der Waals surface area (Å²) < 4.78 is 5.58. The van der Waals surface area contributed by atoms with Gasteiger partial charge in [-0.2, -0.15) is 0 Å². The van der Waals surface area contributed by atoms with E-state index in [1.807, 2.05) is 0 Å². The molecule has 15 heavy (non-hydrogen) atoms. The third-order valence-electron chi connectivity index (χ3n) is 4.91. The van der Waals surface area contributed by atoms with Gasteiger partial charge in [-0.1, -0.05) is 6.92 Å². The van der Waals surface area contributed by atoms with Crippen molar-refractivity contribution in [3.05, 3.63) is 0 Å². The summed E-state index contributed by atoms with van der Waals surface area (Å²) in [6.45, 7) is 2.18. The molecular weight excluding hydrogens is 188 g/mol. The number of hydrogen-bond acceptors (Lipinski definition) is 2. The molecule has 2 nitrogen and oxygen atoms in total. The number of rotatable bonds is 1. The molecule has 0 aromatic heterocycles. The summed E-state index contributed by atoms with van der Waals surface area (Å²) in [6.07, 6.45) is 8.66. The van der Waals surface area contributed by atoms with Crippen molar-refractivity contribution in [2.24, 2.45) is 17.8 Å². The number of aliphatic hydroxyl groups is 1. The molecule has 0 spiro atoms. The molecule has 1 saturated heterocycles. The van der Waals surface area contributed by atoms with Gasteiger partial charge in [0.15, 0.2) is 0 Å². The van der Waals surface area contributed by atoms with Gasteiger partial charge in [0.1, 0.15) is 0 Å². The smallest absolute Gasteiger partial charge is 0.0844 e. The summed E-state index contributed by atoms with van der Waals surface area (Å²) in [6, 6.07) is 0. The van der Waals surface area contributed by atoms with E-state index in [4.69, 9.17) is 4.74 Å². The zero-order valence-corrected chi connectivity index (χ0v) is 9.56. The van der Waals surface area contributed by atoms with Crippen LogP contribution in [0.1, 0.15) is 45.4 Å². The molecule has 2 heteroatoms. The van der Waals surface area contributed by atoms with E-state index in [9.17, 15) is 5.11 Å². The molecule has 3 fully saturated rings. The molecule has 0 aromatic rings. The first-order valence-electron chi connectivity index (χ1n) is 6.57. The lowest BCUT2D eigenvalue weighted by Gasteiger charge is -2.36. The van der Waals surface area contributed by atoms with Crippen molar-refractivity contribution in [2.75, 3.05) is 0 Å². The second-order valence-electron chi connectivity index (χ2n) is 5.90. The highest BCUT2D eigenvalue weighted by Crippen LogP contribution is 2.46. The van der Waals surface area contributed by atoms with Crippen molar-refractivity contribution < 1.29 is 9.84 Å². The van der Waals surface area contributed by atoms with Gasteiger partial charge in [-0.25, -0.2) is 0 Å². The predicted molar refractivity (Wildman–Crippen MR) is 58.5 cm³/mol. The molecule has 6 unspecified atom stereocenters. The SMILES string of the molecule is CC1CCC(C2CCC3OC3C2)CC1O. The van der Waals surface area contributed by atoms with E-state index in [2.05, 4.69) is 6.92 Å². The van der Waals surface area contributed by atoms with E-state index in [1.54, 1.807) is 0 Å². The highest BCUT2D eigenvalue weighted by atomic mass is 16.6.